The van der Waals surface area contributed by atoms with E-state index in [-0.39, 0.29) is 11.8 Å². The number of ether oxygens (including phenoxy) is 1. The molecule has 100 valence electrons. The summed E-state index contributed by atoms with van der Waals surface area (Å²) < 4.78 is 31.8. The van der Waals surface area contributed by atoms with Gasteiger partial charge in [-0.3, -0.25) is 0 Å². The van der Waals surface area contributed by atoms with Crippen LogP contribution in [-0.2, 0) is 0 Å². The van der Waals surface area contributed by atoms with Crippen molar-refractivity contribution in [1.29, 1.82) is 0 Å². The van der Waals surface area contributed by atoms with Crippen LogP contribution in [0.2, 0.25) is 0 Å². The Bertz CT molecular complexity index is 552. The highest BCUT2D eigenvalue weighted by molar-refractivity contribution is 5.39. The van der Waals surface area contributed by atoms with Gasteiger partial charge in [-0.05, 0) is 12.5 Å². The normalized spacial score (nSPS) is 12.2. The molecule has 0 aliphatic carbocycles. The van der Waals surface area contributed by atoms with Crippen LogP contribution >= 0.6 is 0 Å². The summed E-state index contributed by atoms with van der Waals surface area (Å²) in [4.78, 5) is 0. The number of benzene rings is 2. The van der Waals surface area contributed by atoms with E-state index in [1.54, 1.807) is 12.1 Å². The minimum Gasteiger partial charge on any atom is -0.457 e. The van der Waals surface area contributed by atoms with E-state index in [1.807, 2.05) is 19.1 Å². The zero-order valence-electron chi connectivity index (χ0n) is 10.6. The van der Waals surface area contributed by atoms with Gasteiger partial charge in [0.25, 0.3) is 0 Å². The van der Waals surface area contributed by atoms with Crippen molar-refractivity contribution in [3.63, 3.8) is 0 Å². The Morgan fingerprint density at radius 3 is 2.37 bits per heavy atom. The average molecular weight is 263 g/mol. The van der Waals surface area contributed by atoms with Crippen LogP contribution in [0.5, 0.6) is 11.5 Å². The molecule has 1 atom stereocenters. The summed E-state index contributed by atoms with van der Waals surface area (Å²) in [5, 5.41) is 0. The zero-order chi connectivity index (χ0) is 13.8. The third kappa shape index (κ3) is 3.29. The number of halogens is 2. The van der Waals surface area contributed by atoms with Crippen molar-refractivity contribution in [2.45, 2.75) is 19.4 Å². The lowest BCUT2D eigenvalue weighted by molar-refractivity contribution is 0.457. The molecule has 0 fully saturated rings. The standard InChI is InChI=1S/C15H15F2NO/c1-2-14(18)13-5-3-4-6-15(13)19-12-8-10(16)7-11(17)9-12/h3-9,14H,2,18H2,1H3. The van der Waals surface area contributed by atoms with Gasteiger partial charge in [0.15, 0.2) is 0 Å². The van der Waals surface area contributed by atoms with Crippen LogP contribution in [0.3, 0.4) is 0 Å². The molecule has 0 amide bonds. The van der Waals surface area contributed by atoms with Crippen molar-refractivity contribution < 1.29 is 13.5 Å². The first kappa shape index (κ1) is 13.5. The second kappa shape index (κ2) is 5.80. The second-order valence-electron chi connectivity index (χ2n) is 4.26. The summed E-state index contributed by atoms with van der Waals surface area (Å²) >= 11 is 0. The van der Waals surface area contributed by atoms with Gasteiger partial charge < -0.3 is 10.5 Å². The van der Waals surface area contributed by atoms with Gasteiger partial charge in [0.1, 0.15) is 23.1 Å². The average Bonchev–Trinajstić information content (AvgIpc) is 2.37. The molecule has 0 heterocycles. The molecule has 0 spiro atoms. The van der Waals surface area contributed by atoms with Crippen LogP contribution < -0.4 is 10.5 Å². The Hall–Kier alpha value is -1.94. The van der Waals surface area contributed by atoms with Crippen molar-refractivity contribution >= 4 is 0 Å². The van der Waals surface area contributed by atoms with E-state index in [0.717, 1.165) is 30.2 Å². The van der Waals surface area contributed by atoms with Crippen molar-refractivity contribution in [3.05, 3.63) is 59.7 Å². The molecular weight excluding hydrogens is 248 g/mol. The third-order valence-corrected chi connectivity index (χ3v) is 2.82. The van der Waals surface area contributed by atoms with Crippen LogP contribution in [0.4, 0.5) is 8.78 Å². The van der Waals surface area contributed by atoms with Gasteiger partial charge in [-0.15, -0.1) is 0 Å². The van der Waals surface area contributed by atoms with Gasteiger partial charge >= 0.3 is 0 Å². The van der Waals surface area contributed by atoms with Crippen LogP contribution in [0.1, 0.15) is 24.9 Å². The zero-order valence-corrected chi connectivity index (χ0v) is 10.6. The van der Waals surface area contributed by atoms with Crippen LogP contribution in [0, 0.1) is 11.6 Å². The van der Waals surface area contributed by atoms with E-state index < -0.39 is 11.6 Å². The van der Waals surface area contributed by atoms with E-state index in [9.17, 15) is 8.78 Å². The lowest BCUT2D eigenvalue weighted by Gasteiger charge is -2.15. The fourth-order valence-electron chi connectivity index (χ4n) is 1.81. The first-order chi connectivity index (χ1) is 9.10. The highest BCUT2D eigenvalue weighted by Gasteiger charge is 2.11. The Balaban J connectivity index is 2.32. The Kier molecular flexibility index (Phi) is 4.12. The molecule has 0 bridgehead atoms. The van der Waals surface area contributed by atoms with E-state index in [0.29, 0.717) is 5.75 Å². The maximum absolute atomic E-state index is 13.1. The van der Waals surface area contributed by atoms with E-state index in [1.165, 1.54) is 0 Å². The van der Waals surface area contributed by atoms with Crippen LogP contribution in [-0.4, -0.2) is 0 Å². The van der Waals surface area contributed by atoms with Gasteiger partial charge in [-0.1, -0.05) is 25.1 Å². The molecule has 0 radical (unpaired) electrons. The van der Waals surface area contributed by atoms with Gasteiger partial charge in [0, 0.05) is 29.8 Å². The van der Waals surface area contributed by atoms with Crippen molar-refractivity contribution in [3.8, 4) is 11.5 Å². The van der Waals surface area contributed by atoms with Crippen LogP contribution in [0.15, 0.2) is 42.5 Å². The van der Waals surface area contributed by atoms with Crippen LogP contribution in [0.25, 0.3) is 0 Å². The quantitative estimate of drug-likeness (QED) is 0.898. The molecule has 2 nitrogen and oxygen atoms in total. The van der Waals surface area contributed by atoms with Gasteiger partial charge in [-0.25, -0.2) is 8.78 Å². The minimum atomic E-state index is -0.674. The minimum absolute atomic E-state index is 0.119. The Morgan fingerprint density at radius 1 is 1.11 bits per heavy atom. The lowest BCUT2D eigenvalue weighted by Crippen LogP contribution is -2.09. The number of para-hydroxylation sites is 1. The predicted molar refractivity (Wildman–Crippen MR) is 70.1 cm³/mol. The van der Waals surface area contributed by atoms with Crippen molar-refractivity contribution in [2.24, 2.45) is 5.73 Å². The van der Waals surface area contributed by atoms with E-state index in [4.69, 9.17) is 10.5 Å². The molecule has 0 aromatic heterocycles. The summed E-state index contributed by atoms with van der Waals surface area (Å²) in [5.74, 6) is -0.713. The highest BCUT2D eigenvalue weighted by atomic mass is 19.1. The molecule has 4 heteroatoms. The fourth-order valence-corrected chi connectivity index (χ4v) is 1.81. The summed E-state index contributed by atoms with van der Waals surface area (Å²) in [5.41, 5.74) is 6.79. The SMILES string of the molecule is CCC(N)c1ccccc1Oc1cc(F)cc(F)c1. The molecule has 2 aromatic rings. The molecule has 0 saturated heterocycles. The maximum Gasteiger partial charge on any atom is 0.133 e. The number of rotatable bonds is 4. The second-order valence-corrected chi connectivity index (χ2v) is 4.26. The molecule has 0 aliphatic rings. The monoisotopic (exact) mass is 263 g/mol. The van der Waals surface area contributed by atoms with Gasteiger partial charge in [-0.2, -0.15) is 0 Å². The van der Waals surface area contributed by atoms with Gasteiger partial charge in [0.05, 0.1) is 0 Å². The number of nitrogens with two attached hydrogens (primary N) is 1. The smallest absolute Gasteiger partial charge is 0.133 e. The summed E-state index contributed by atoms with van der Waals surface area (Å²) in [6, 6.07) is 10.1. The third-order valence-electron chi connectivity index (χ3n) is 2.82. The number of hydrogen-bond donors (Lipinski definition) is 1. The maximum atomic E-state index is 13.1. The van der Waals surface area contributed by atoms with Crippen molar-refractivity contribution in [2.75, 3.05) is 0 Å². The highest BCUT2D eigenvalue weighted by Crippen LogP contribution is 2.30. The lowest BCUT2D eigenvalue weighted by atomic mass is 10.0. The Morgan fingerprint density at radius 2 is 1.74 bits per heavy atom. The molecular formula is C15H15F2NO. The fraction of sp³-hybridized carbons (Fsp3) is 0.200. The summed E-state index contributed by atoms with van der Waals surface area (Å²) in [6.45, 7) is 1.96. The topological polar surface area (TPSA) is 35.2 Å². The molecule has 19 heavy (non-hydrogen) atoms. The first-order valence-corrected chi connectivity index (χ1v) is 6.08. The molecule has 0 aliphatic heterocycles. The molecule has 2 rings (SSSR count). The van der Waals surface area contributed by atoms with E-state index >= 15 is 0 Å². The Labute approximate surface area is 110 Å². The largest absolute Gasteiger partial charge is 0.457 e. The predicted octanol–water partition coefficient (Wildman–Crippen LogP) is 4.17. The summed E-state index contributed by atoms with van der Waals surface area (Å²) in [6.07, 6.45) is 0.748. The first-order valence-electron chi connectivity index (χ1n) is 6.08. The van der Waals surface area contributed by atoms with Gasteiger partial charge in [0.2, 0.25) is 0 Å². The summed E-state index contributed by atoms with van der Waals surface area (Å²) in [7, 11) is 0. The van der Waals surface area contributed by atoms with E-state index in [2.05, 4.69) is 0 Å². The van der Waals surface area contributed by atoms with Crippen molar-refractivity contribution in [1.82, 2.24) is 0 Å². The molecule has 1 unspecified atom stereocenters. The molecule has 2 N–H and O–H groups in total. The molecule has 0 saturated carbocycles. The molecule has 2 aromatic carbocycles. The number of hydrogen-bond acceptors (Lipinski definition) is 2.